The van der Waals surface area contributed by atoms with Gasteiger partial charge in [-0.25, -0.2) is 0 Å². The third-order valence-electron chi connectivity index (χ3n) is 4.77. The molecule has 0 radical (unpaired) electrons. The third-order valence-corrected chi connectivity index (χ3v) is 4.77. The predicted molar refractivity (Wildman–Crippen MR) is 92.2 cm³/mol. The first-order chi connectivity index (χ1) is 11.5. The van der Waals surface area contributed by atoms with Crippen molar-refractivity contribution in [1.82, 2.24) is 14.5 Å². The van der Waals surface area contributed by atoms with E-state index in [1.807, 2.05) is 4.90 Å². The summed E-state index contributed by atoms with van der Waals surface area (Å²) in [5.74, 6) is 0.434. The van der Waals surface area contributed by atoms with E-state index in [2.05, 4.69) is 4.98 Å². The highest BCUT2D eigenvalue weighted by molar-refractivity contribution is 5.97. The smallest absolute Gasteiger partial charge is 0.316 e. The van der Waals surface area contributed by atoms with Gasteiger partial charge in [0.05, 0.1) is 11.0 Å². The Labute approximate surface area is 139 Å². The molecular formula is C17H22N4O3. The summed E-state index contributed by atoms with van der Waals surface area (Å²) in [4.78, 5) is 40.7. The van der Waals surface area contributed by atoms with Crippen molar-refractivity contribution in [1.29, 1.82) is 0 Å². The number of carbonyl (C=O) groups excluding carboxylic acids is 1. The second-order valence-corrected chi connectivity index (χ2v) is 6.21. The third kappa shape index (κ3) is 2.87. The van der Waals surface area contributed by atoms with Crippen LogP contribution in [0.5, 0.6) is 0 Å². The van der Waals surface area contributed by atoms with Crippen molar-refractivity contribution in [2.24, 2.45) is 11.7 Å². The number of hydrogen-bond acceptors (Lipinski definition) is 4. The summed E-state index contributed by atoms with van der Waals surface area (Å²) in [6.07, 6.45) is 1.84. The van der Waals surface area contributed by atoms with E-state index in [1.165, 1.54) is 4.57 Å². The lowest BCUT2D eigenvalue weighted by molar-refractivity contribution is 0.0693. The molecule has 0 atom stereocenters. The highest BCUT2D eigenvalue weighted by Crippen LogP contribution is 2.19. The van der Waals surface area contributed by atoms with Crippen LogP contribution in [-0.4, -0.2) is 40.0 Å². The Morgan fingerprint density at radius 2 is 2.00 bits per heavy atom. The van der Waals surface area contributed by atoms with Gasteiger partial charge in [0.1, 0.15) is 0 Å². The normalized spacial score (nSPS) is 15.8. The van der Waals surface area contributed by atoms with E-state index in [4.69, 9.17) is 5.73 Å². The zero-order valence-corrected chi connectivity index (χ0v) is 13.7. The average Bonchev–Trinajstić information content (AvgIpc) is 2.62. The van der Waals surface area contributed by atoms with Crippen LogP contribution >= 0.6 is 0 Å². The molecule has 1 aromatic carbocycles. The second-order valence-electron chi connectivity index (χ2n) is 6.21. The molecule has 7 heteroatoms. The van der Waals surface area contributed by atoms with E-state index in [0.29, 0.717) is 48.7 Å². The van der Waals surface area contributed by atoms with E-state index in [1.54, 1.807) is 25.1 Å². The standard InChI is InChI=1S/C17H22N4O3/c1-2-21-14-4-3-12(9-13(14)19-15(22)17(21)24)16(23)20-7-5-11(10-18)6-8-20/h3-4,9,11H,2,5-8,10,18H2,1H3,(H,19,22). The van der Waals surface area contributed by atoms with Gasteiger partial charge in [-0.15, -0.1) is 0 Å². The monoisotopic (exact) mass is 330 g/mol. The maximum atomic E-state index is 12.7. The minimum Gasteiger partial charge on any atom is -0.339 e. The SMILES string of the molecule is CCn1c(=O)c(=O)[nH]c2cc(C(=O)N3CCC(CN)CC3)ccc21. The number of likely N-dealkylation sites (tertiary alicyclic amines) is 1. The van der Waals surface area contributed by atoms with Crippen LogP contribution < -0.4 is 16.9 Å². The molecule has 0 spiro atoms. The molecule has 1 saturated heterocycles. The fourth-order valence-corrected chi connectivity index (χ4v) is 3.28. The maximum Gasteiger partial charge on any atom is 0.316 e. The molecular weight excluding hydrogens is 308 g/mol. The molecule has 3 rings (SSSR count). The number of aryl methyl sites for hydroxylation is 1. The fourth-order valence-electron chi connectivity index (χ4n) is 3.28. The summed E-state index contributed by atoms with van der Waals surface area (Å²) in [5.41, 5.74) is 6.09. The van der Waals surface area contributed by atoms with Crippen molar-refractivity contribution in [2.45, 2.75) is 26.3 Å². The van der Waals surface area contributed by atoms with Crippen LogP contribution in [0, 0.1) is 5.92 Å². The average molecular weight is 330 g/mol. The Kier molecular flexibility index (Phi) is 4.53. The molecule has 1 fully saturated rings. The van der Waals surface area contributed by atoms with Crippen molar-refractivity contribution in [3.63, 3.8) is 0 Å². The zero-order valence-electron chi connectivity index (χ0n) is 13.7. The van der Waals surface area contributed by atoms with Gasteiger partial charge >= 0.3 is 11.1 Å². The Morgan fingerprint density at radius 1 is 1.29 bits per heavy atom. The van der Waals surface area contributed by atoms with E-state index in [0.717, 1.165) is 12.8 Å². The van der Waals surface area contributed by atoms with Gasteiger partial charge in [-0.3, -0.25) is 14.4 Å². The van der Waals surface area contributed by atoms with Gasteiger partial charge in [0.15, 0.2) is 0 Å². The summed E-state index contributed by atoms with van der Waals surface area (Å²) in [6, 6.07) is 5.08. The van der Waals surface area contributed by atoms with Gasteiger partial charge < -0.3 is 20.2 Å². The number of carbonyl (C=O) groups is 1. The van der Waals surface area contributed by atoms with Crippen LogP contribution in [0.3, 0.4) is 0 Å². The number of aromatic nitrogens is 2. The number of nitrogens with one attached hydrogen (secondary N) is 1. The van der Waals surface area contributed by atoms with Crippen LogP contribution in [0.2, 0.25) is 0 Å². The minimum atomic E-state index is -0.669. The fraction of sp³-hybridized carbons (Fsp3) is 0.471. The van der Waals surface area contributed by atoms with Crippen LogP contribution in [-0.2, 0) is 6.54 Å². The van der Waals surface area contributed by atoms with Crippen molar-refractivity contribution in [2.75, 3.05) is 19.6 Å². The largest absolute Gasteiger partial charge is 0.339 e. The lowest BCUT2D eigenvalue weighted by atomic mass is 9.96. The number of amides is 1. The quantitative estimate of drug-likeness (QED) is 0.801. The lowest BCUT2D eigenvalue weighted by Crippen LogP contribution is -2.40. The lowest BCUT2D eigenvalue weighted by Gasteiger charge is -2.31. The minimum absolute atomic E-state index is 0.0533. The molecule has 128 valence electrons. The molecule has 0 aliphatic carbocycles. The summed E-state index contributed by atoms with van der Waals surface area (Å²) < 4.78 is 1.41. The number of rotatable bonds is 3. The van der Waals surface area contributed by atoms with Gasteiger partial charge in [0, 0.05) is 25.2 Å². The maximum absolute atomic E-state index is 12.7. The molecule has 3 N–H and O–H groups in total. The molecule has 1 aliphatic heterocycles. The Hall–Kier alpha value is -2.41. The summed E-state index contributed by atoms with van der Waals surface area (Å²) in [6.45, 7) is 4.27. The highest BCUT2D eigenvalue weighted by Gasteiger charge is 2.23. The molecule has 1 aromatic heterocycles. The van der Waals surface area contributed by atoms with Crippen LogP contribution in [0.4, 0.5) is 0 Å². The molecule has 0 bridgehead atoms. The van der Waals surface area contributed by atoms with Crippen molar-refractivity contribution < 1.29 is 4.79 Å². The molecule has 2 heterocycles. The Morgan fingerprint density at radius 3 is 2.62 bits per heavy atom. The topological polar surface area (TPSA) is 101 Å². The molecule has 1 amide bonds. The first kappa shape index (κ1) is 16.4. The van der Waals surface area contributed by atoms with Crippen molar-refractivity contribution in [3.8, 4) is 0 Å². The van der Waals surface area contributed by atoms with Gasteiger partial charge in [0.25, 0.3) is 5.91 Å². The zero-order chi connectivity index (χ0) is 17.3. The first-order valence-corrected chi connectivity index (χ1v) is 8.31. The summed E-state index contributed by atoms with van der Waals surface area (Å²) in [7, 11) is 0. The van der Waals surface area contributed by atoms with E-state index in [-0.39, 0.29) is 5.91 Å². The number of hydrogen-bond donors (Lipinski definition) is 2. The number of fused-ring (bicyclic) bond motifs is 1. The van der Waals surface area contributed by atoms with Gasteiger partial charge in [-0.2, -0.15) is 0 Å². The number of nitrogens with two attached hydrogens (primary N) is 1. The number of nitrogens with zero attached hydrogens (tertiary/aromatic N) is 2. The van der Waals surface area contributed by atoms with E-state index >= 15 is 0 Å². The van der Waals surface area contributed by atoms with E-state index in [9.17, 15) is 14.4 Å². The van der Waals surface area contributed by atoms with Gasteiger partial charge in [-0.1, -0.05) is 0 Å². The van der Waals surface area contributed by atoms with Crippen LogP contribution in [0.25, 0.3) is 11.0 Å². The van der Waals surface area contributed by atoms with Gasteiger partial charge in [0.2, 0.25) is 0 Å². The molecule has 7 nitrogen and oxygen atoms in total. The highest BCUT2D eigenvalue weighted by atomic mass is 16.2. The molecule has 2 aromatic rings. The number of H-pyrrole nitrogens is 1. The molecule has 0 unspecified atom stereocenters. The molecule has 1 aliphatic rings. The van der Waals surface area contributed by atoms with E-state index < -0.39 is 11.1 Å². The summed E-state index contributed by atoms with van der Waals surface area (Å²) >= 11 is 0. The van der Waals surface area contributed by atoms with Crippen molar-refractivity contribution in [3.05, 3.63) is 44.5 Å². The molecule has 24 heavy (non-hydrogen) atoms. The Bertz CT molecular complexity index is 876. The molecule has 0 saturated carbocycles. The summed E-state index contributed by atoms with van der Waals surface area (Å²) in [5, 5.41) is 0. The first-order valence-electron chi connectivity index (χ1n) is 8.31. The van der Waals surface area contributed by atoms with Crippen molar-refractivity contribution >= 4 is 16.9 Å². The Balaban J connectivity index is 1.94. The van der Waals surface area contributed by atoms with Crippen LogP contribution in [0.15, 0.2) is 27.8 Å². The van der Waals surface area contributed by atoms with Gasteiger partial charge in [-0.05, 0) is 50.4 Å². The second kappa shape index (κ2) is 6.60. The van der Waals surface area contributed by atoms with Crippen LogP contribution in [0.1, 0.15) is 30.1 Å². The number of piperidine rings is 1. The number of benzene rings is 1. The predicted octanol–water partition coefficient (Wildman–Crippen LogP) is 0.521. The number of aromatic amines is 1.